The molecule has 0 bridgehead atoms. The van der Waals surface area contributed by atoms with E-state index in [1.54, 1.807) is 0 Å². The molecule has 3 heteroatoms. The third-order valence-corrected chi connectivity index (χ3v) is 7.51. The monoisotopic (exact) mass is 431 g/mol. The molecule has 1 spiro atoms. The summed E-state index contributed by atoms with van der Waals surface area (Å²) in [4.78, 5) is 9.01. The fourth-order valence-electron chi connectivity index (χ4n) is 5.78. The number of anilines is 2. The lowest BCUT2D eigenvalue weighted by Crippen LogP contribution is -2.26. The van der Waals surface area contributed by atoms with E-state index in [-0.39, 0.29) is 5.41 Å². The molecular weight excluding hydrogens is 402 g/mol. The lowest BCUT2D eigenvalue weighted by molar-refractivity contribution is 0.563. The third kappa shape index (κ3) is 2.99. The zero-order valence-corrected chi connectivity index (χ0v) is 19.8. The summed E-state index contributed by atoms with van der Waals surface area (Å²) in [6.07, 6.45) is 3.94. The van der Waals surface area contributed by atoms with Crippen molar-refractivity contribution in [1.29, 1.82) is 0 Å². The molecule has 0 N–H and O–H groups in total. The van der Waals surface area contributed by atoms with E-state index in [0.717, 1.165) is 18.5 Å². The van der Waals surface area contributed by atoms with Gasteiger partial charge in [0.05, 0.1) is 5.69 Å². The Hall–Kier alpha value is -3.59. The van der Waals surface area contributed by atoms with Gasteiger partial charge in [-0.05, 0) is 88.7 Å². The minimum atomic E-state index is -0.0201. The van der Waals surface area contributed by atoms with Gasteiger partial charge in [0.2, 0.25) is 0 Å². The van der Waals surface area contributed by atoms with Crippen LogP contribution in [-0.2, 0) is 18.3 Å². The summed E-state index contributed by atoms with van der Waals surface area (Å²) in [7, 11) is 8.51. The van der Waals surface area contributed by atoms with Crippen LogP contribution in [0.4, 0.5) is 11.4 Å². The Kier molecular flexibility index (Phi) is 4.38. The summed E-state index contributed by atoms with van der Waals surface area (Å²) in [5.41, 5.74) is 13.4. The van der Waals surface area contributed by atoms with Crippen LogP contribution in [0.1, 0.15) is 22.3 Å². The van der Waals surface area contributed by atoms with Crippen LogP contribution in [0.15, 0.2) is 79.0 Å². The minimum Gasteiger partial charge on any atom is -0.378 e. The number of hydrogen-bond acceptors (Lipinski definition) is 3. The van der Waals surface area contributed by atoms with Crippen molar-refractivity contribution in [3.63, 3.8) is 0 Å². The number of benzene rings is 3. The molecule has 164 valence electrons. The van der Waals surface area contributed by atoms with Crippen molar-refractivity contribution >= 4 is 11.4 Å². The summed E-state index contributed by atoms with van der Waals surface area (Å²) in [6, 6.07) is 27.1. The highest BCUT2D eigenvalue weighted by Gasteiger charge is 2.47. The lowest BCUT2D eigenvalue weighted by atomic mass is 9.75. The first kappa shape index (κ1) is 20.0. The summed E-state index contributed by atoms with van der Waals surface area (Å²) in [6.45, 7) is 0. The smallest absolute Gasteiger partial charge is 0.0702 e. The largest absolute Gasteiger partial charge is 0.378 e. The zero-order chi connectivity index (χ0) is 22.7. The maximum atomic E-state index is 4.59. The Morgan fingerprint density at radius 2 is 1.30 bits per heavy atom. The minimum absolute atomic E-state index is 0.0201. The van der Waals surface area contributed by atoms with E-state index in [1.807, 2.05) is 12.3 Å². The van der Waals surface area contributed by atoms with Crippen molar-refractivity contribution in [3.05, 3.63) is 101 Å². The van der Waals surface area contributed by atoms with Crippen molar-refractivity contribution in [2.45, 2.75) is 18.3 Å². The van der Waals surface area contributed by atoms with Crippen LogP contribution in [0, 0.1) is 0 Å². The fourth-order valence-corrected chi connectivity index (χ4v) is 5.78. The van der Waals surface area contributed by atoms with Gasteiger partial charge in [0.25, 0.3) is 0 Å². The van der Waals surface area contributed by atoms with Gasteiger partial charge in [-0.15, -0.1) is 0 Å². The second kappa shape index (κ2) is 7.21. The molecule has 33 heavy (non-hydrogen) atoms. The predicted molar refractivity (Wildman–Crippen MR) is 138 cm³/mol. The van der Waals surface area contributed by atoms with Gasteiger partial charge in [0.15, 0.2) is 0 Å². The fraction of sp³-hybridized carbons (Fsp3) is 0.233. The number of nitrogens with zero attached hydrogens (tertiary/aromatic N) is 3. The van der Waals surface area contributed by atoms with E-state index in [9.17, 15) is 0 Å². The summed E-state index contributed by atoms with van der Waals surface area (Å²) in [5.74, 6) is 0. The van der Waals surface area contributed by atoms with Crippen LogP contribution < -0.4 is 9.80 Å². The van der Waals surface area contributed by atoms with Crippen LogP contribution >= 0.6 is 0 Å². The van der Waals surface area contributed by atoms with Gasteiger partial charge in [0.1, 0.15) is 0 Å². The number of fused-ring (bicyclic) bond motifs is 6. The van der Waals surface area contributed by atoms with E-state index in [0.29, 0.717) is 0 Å². The molecule has 1 aromatic heterocycles. The van der Waals surface area contributed by atoms with Crippen LogP contribution in [-0.4, -0.2) is 33.2 Å². The van der Waals surface area contributed by atoms with E-state index >= 15 is 0 Å². The molecule has 0 unspecified atom stereocenters. The average molecular weight is 432 g/mol. The SMILES string of the molecule is CN(C)c1ccc2c(c1)C1(Cc3ccc(-c4ccccn4)cc3C1)c1cc(N(C)C)ccc1-2. The average Bonchev–Trinajstić information content (AvgIpc) is 3.34. The van der Waals surface area contributed by atoms with Crippen LogP contribution in [0.2, 0.25) is 0 Å². The van der Waals surface area contributed by atoms with Gasteiger partial charge in [0, 0.05) is 56.7 Å². The molecule has 0 fully saturated rings. The zero-order valence-electron chi connectivity index (χ0n) is 19.8. The molecule has 0 amide bonds. The van der Waals surface area contributed by atoms with Crippen molar-refractivity contribution in [2.24, 2.45) is 0 Å². The normalized spacial score (nSPS) is 14.7. The Morgan fingerprint density at radius 3 is 1.88 bits per heavy atom. The molecule has 0 saturated heterocycles. The highest BCUT2D eigenvalue weighted by molar-refractivity contribution is 5.85. The second-order valence-corrected chi connectivity index (χ2v) is 9.88. The van der Waals surface area contributed by atoms with Gasteiger partial charge in [-0.2, -0.15) is 0 Å². The number of hydrogen-bond donors (Lipinski definition) is 0. The molecule has 2 aliphatic carbocycles. The second-order valence-electron chi connectivity index (χ2n) is 9.88. The Labute approximate surface area is 196 Å². The van der Waals surface area contributed by atoms with Crippen LogP contribution in [0.25, 0.3) is 22.4 Å². The van der Waals surface area contributed by atoms with Crippen molar-refractivity contribution in [2.75, 3.05) is 38.0 Å². The van der Waals surface area contributed by atoms with E-state index in [1.165, 1.54) is 50.3 Å². The molecule has 0 atom stereocenters. The van der Waals surface area contributed by atoms with Crippen molar-refractivity contribution in [3.8, 4) is 22.4 Å². The standard InChI is InChI=1S/C30H29N3/c1-32(2)23-10-12-25-26-13-11-24(33(3)4)17-28(26)30(27(25)16-23)18-21-9-8-20(15-22(21)19-30)29-7-5-6-14-31-29/h5-17H,18-19H2,1-4H3. The molecular formula is C30H29N3. The Bertz CT molecular complexity index is 1310. The topological polar surface area (TPSA) is 19.4 Å². The number of aromatic nitrogens is 1. The molecule has 6 rings (SSSR count). The molecule has 0 aliphatic heterocycles. The maximum absolute atomic E-state index is 4.59. The molecule has 3 nitrogen and oxygen atoms in total. The van der Waals surface area contributed by atoms with E-state index in [2.05, 4.69) is 110 Å². The molecule has 1 heterocycles. The quantitative estimate of drug-likeness (QED) is 0.400. The van der Waals surface area contributed by atoms with Gasteiger partial charge in [-0.1, -0.05) is 30.3 Å². The van der Waals surface area contributed by atoms with Crippen LogP contribution in [0.3, 0.4) is 0 Å². The van der Waals surface area contributed by atoms with Gasteiger partial charge in [-0.25, -0.2) is 0 Å². The van der Waals surface area contributed by atoms with Crippen molar-refractivity contribution < 1.29 is 0 Å². The molecule has 2 aliphatic rings. The molecule has 0 saturated carbocycles. The van der Waals surface area contributed by atoms with E-state index in [4.69, 9.17) is 0 Å². The Morgan fingerprint density at radius 1 is 0.667 bits per heavy atom. The van der Waals surface area contributed by atoms with Gasteiger partial charge in [-0.3, -0.25) is 4.98 Å². The first-order valence-corrected chi connectivity index (χ1v) is 11.6. The third-order valence-electron chi connectivity index (χ3n) is 7.51. The summed E-state index contributed by atoms with van der Waals surface area (Å²) in [5, 5.41) is 0. The lowest BCUT2D eigenvalue weighted by Gasteiger charge is -2.28. The molecule has 4 aromatic rings. The maximum Gasteiger partial charge on any atom is 0.0702 e. The highest BCUT2D eigenvalue weighted by Crippen LogP contribution is 2.56. The van der Waals surface area contributed by atoms with Crippen molar-refractivity contribution in [1.82, 2.24) is 4.98 Å². The first-order chi connectivity index (χ1) is 16.0. The predicted octanol–water partition coefficient (Wildman–Crippen LogP) is 5.95. The number of pyridine rings is 1. The number of rotatable bonds is 3. The summed E-state index contributed by atoms with van der Waals surface area (Å²) < 4.78 is 0. The molecule has 0 radical (unpaired) electrons. The van der Waals surface area contributed by atoms with Crippen LogP contribution in [0.5, 0.6) is 0 Å². The first-order valence-electron chi connectivity index (χ1n) is 11.6. The summed E-state index contributed by atoms with van der Waals surface area (Å²) >= 11 is 0. The Balaban J connectivity index is 1.53. The van der Waals surface area contributed by atoms with Gasteiger partial charge < -0.3 is 9.80 Å². The van der Waals surface area contributed by atoms with E-state index < -0.39 is 0 Å². The highest BCUT2D eigenvalue weighted by atomic mass is 15.1. The van der Waals surface area contributed by atoms with Gasteiger partial charge >= 0.3 is 0 Å². The molecule has 3 aromatic carbocycles.